The highest BCUT2D eigenvalue weighted by Gasteiger charge is 2.28. The first-order valence-corrected chi connectivity index (χ1v) is 12.8. The van der Waals surface area contributed by atoms with Crippen molar-refractivity contribution >= 4 is 32.7 Å². The van der Waals surface area contributed by atoms with E-state index in [9.17, 15) is 9.59 Å². The third-order valence-electron chi connectivity index (χ3n) is 6.35. The number of aryl methyl sites for hydroxylation is 2. The highest BCUT2D eigenvalue weighted by molar-refractivity contribution is 9.10. The van der Waals surface area contributed by atoms with Crippen LogP contribution >= 0.6 is 15.9 Å². The van der Waals surface area contributed by atoms with Crippen molar-refractivity contribution in [2.24, 2.45) is 0 Å². The number of nitrogens with zero attached hydrogens (tertiary/aromatic N) is 3. The summed E-state index contributed by atoms with van der Waals surface area (Å²) in [4.78, 5) is 34.4. The van der Waals surface area contributed by atoms with E-state index < -0.39 is 6.04 Å². The van der Waals surface area contributed by atoms with Crippen LogP contribution in [0.15, 0.2) is 76.0 Å². The topological polar surface area (TPSA) is 64.4 Å². The van der Waals surface area contributed by atoms with Gasteiger partial charge in [-0.2, -0.15) is 0 Å². The first-order valence-electron chi connectivity index (χ1n) is 12.0. The van der Waals surface area contributed by atoms with Gasteiger partial charge in [-0.1, -0.05) is 42.0 Å². The number of amides is 1. The van der Waals surface area contributed by atoms with Gasteiger partial charge in [0.05, 0.1) is 28.2 Å². The van der Waals surface area contributed by atoms with Crippen LogP contribution in [0.1, 0.15) is 46.7 Å². The van der Waals surface area contributed by atoms with Crippen molar-refractivity contribution < 1.29 is 9.53 Å². The lowest BCUT2D eigenvalue weighted by atomic mass is 10.1. The molecular weight excluding hydrogens is 518 g/mol. The Morgan fingerprint density at radius 3 is 2.53 bits per heavy atom. The summed E-state index contributed by atoms with van der Waals surface area (Å²) in [5, 5.41) is 0.538. The molecule has 186 valence electrons. The number of halogens is 1. The lowest BCUT2D eigenvalue weighted by molar-refractivity contribution is 0.0656. The molecule has 0 radical (unpaired) electrons. The second kappa shape index (κ2) is 11.2. The molecule has 0 saturated carbocycles. The molecule has 7 heteroatoms. The lowest BCUT2D eigenvalue weighted by Crippen LogP contribution is -2.38. The van der Waals surface area contributed by atoms with Crippen LogP contribution in [-0.4, -0.2) is 40.6 Å². The predicted molar refractivity (Wildman–Crippen MR) is 147 cm³/mol. The van der Waals surface area contributed by atoms with E-state index in [1.54, 1.807) is 28.7 Å². The Labute approximate surface area is 219 Å². The lowest BCUT2D eigenvalue weighted by Gasteiger charge is -2.31. The van der Waals surface area contributed by atoms with Gasteiger partial charge in [-0.15, -0.1) is 0 Å². The summed E-state index contributed by atoms with van der Waals surface area (Å²) in [5.41, 5.74) is 3.85. The van der Waals surface area contributed by atoms with E-state index in [0.29, 0.717) is 41.9 Å². The number of carbonyl (C=O) groups is 1. The van der Waals surface area contributed by atoms with Gasteiger partial charge in [-0.3, -0.25) is 14.2 Å². The third kappa shape index (κ3) is 5.13. The maximum absolute atomic E-state index is 13.9. The zero-order chi connectivity index (χ0) is 25.8. The van der Waals surface area contributed by atoms with Crippen molar-refractivity contribution in [1.29, 1.82) is 0 Å². The minimum atomic E-state index is -0.487. The van der Waals surface area contributed by atoms with Crippen LogP contribution in [-0.2, 0) is 4.74 Å². The molecule has 6 nitrogen and oxygen atoms in total. The van der Waals surface area contributed by atoms with Crippen LogP contribution in [0.2, 0.25) is 0 Å². The number of fused-ring (bicyclic) bond motifs is 1. The van der Waals surface area contributed by atoms with Crippen molar-refractivity contribution in [2.45, 2.75) is 33.2 Å². The van der Waals surface area contributed by atoms with Crippen LogP contribution in [0.25, 0.3) is 16.6 Å². The summed E-state index contributed by atoms with van der Waals surface area (Å²) in [7, 11) is 1.64. The summed E-state index contributed by atoms with van der Waals surface area (Å²) < 4.78 is 7.65. The summed E-state index contributed by atoms with van der Waals surface area (Å²) in [6.45, 7) is 6.90. The van der Waals surface area contributed by atoms with Crippen molar-refractivity contribution in [2.75, 3.05) is 20.3 Å². The monoisotopic (exact) mass is 547 g/mol. The van der Waals surface area contributed by atoms with Gasteiger partial charge in [0.15, 0.2) is 0 Å². The smallest absolute Gasteiger partial charge is 0.266 e. The molecule has 0 spiro atoms. The zero-order valence-electron chi connectivity index (χ0n) is 21.0. The van der Waals surface area contributed by atoms with E-state index in [0.717, 1.165) is 21.3 Å². The average Bonchev–Trinajstić information content (AvgIpc) is 2.87. The molecule has 0 aliphatic carbocycles. The molecule has 0 N–H and O–H groups in total. The highest BCUT2D eigenvalue weighted by atomic mass is 79.9. The predicted octanol–water partition coefficient (Wildman–Crippen LogP) is 6.00. The molecule has 1 amide bonds. The Hall–Kier alpha value is -3.29. The summed E-state index contributed by atoms with van der Waals surface area (Å²) in [6, 6.07) is 20.2. The largest absolute Gasteiger partial charge is 0.385 e. The molecule has 0 saturated heterocycles. The third-order valence-corrected chi connectivity index (χ3v) is 7.04. The van der Waals surface area contributed by atoms with Gasteiger partial charge in [0, 0.05) is 24.7 Å². The number of benzene rings is 3. The van der Waals surface area contributed by atoms with Crippen LogP contribution in [0.5, 0.6) is 0 Å². The number of rotatable bonds is 8. The van der Waals surface area contributed by atoms with Gasteiger partial charge in [0.1, 0.15) is 5.82 Å². The Morgan fingerprint density at radius 1 is 1.08 bits per heavy atom. The van der Waals surface area contributed by atoms with Gasteiger partial charge in [-0.05, 0) is 79.0 Å². The van der Waals surface area contributed by atoms with Crippen molar-refractivity contribution in [3.63, 3.8) is 0 Å². The zero-order valence-corrected chi connectivity index (χ0v) is 22.6. The van der Waals surface area contributed by atoms with Gasteiger partial charge in [-0.25, -0.2) is 4.98 Å². The summed E-state index contributed by atoms with van der Waals surface area (Å²) in [5.74, 6) is 0.379. The second-order valence-electron chi connectivity index (χ2n) is 8.92. The average molecular weight is 548 g/mol. The molecule has 1 heterocycles. The molecule has 0 fully saturated rings. The van der Waals surface area contributed by atoms with Gasteiger partial charge in [0.25, 0.3) is 11.5 Å². The van der Waals surface area contributed by atoms with E-state index in [-0.39, 0.29) is 11.5 Å². The van der Waals surface area contributed by atoms with Crippen LogP contribution < -0.4 is 5.56 Å². The van der Waals surface area contributed by atoms with E-state index in [1.807, 2.05) is 75.4 Å². The summed E-state index contributed by atoms with van der Waals surface area (Å²) >= 11 is 3.52. The number of hydrogen-bond donors (Lipinski definition) is 0. The van der Waals surface area contributed by atoms with Crippen LogP contribution in [0, 0.1) is 13.8 Å². The van der Waals surface area contributed by atoms with E-state index in [4.69, 9.17) is 9.72 Å². The number of ether oxygens (including phenoxy) is 1. The van der Waals surface area contributed by atoms with Crippen molar-refractivity contribution in [1.82, 2.24) is 14.5 Å². The fraction of sp³-hybridized carbons (Fsp3) is 0.276. The Balaban J connectivity index is 1.92. The molecule has 1 aromatic heterocycles. The van der Waals surface area contributed by atoms with Gasteiger partial charge >= 0.3 is 0 Å². The maximum Gasteiger partial charge on any atom is 0.266 e. The second-order valence-corrected chi connectivity index (χ2v) is 9.77. The molecule has 4 rings (SSSR count). The molecule has 0 bridgehead atoms. The fourth-order valence-corrected chi connectivity index (χ4v) is 4.95. The minimum absolute atomic E-state index is 0.138. The Bertz CT molecular complexity index is 1460. The number of carbonyl (C=O) groups excluding carboxylic acids is 1. The van der Waals surface area contributed by atoms with Gasteiger partial charge in [0.2, 0.25) is 0 Å². The fourth-order valence-electron chi connectivity index (χ4n) is 4.50. The quantitative estimate of drug-likeness (QED) is 0.253. The standard InChI is InChI=1S/C29H30BrN3O3/c1-19-14-15-26(20(2)18-19)33-27(31-25-13-8-6-11-23(25)29(33)35)21(3)32(16-9-17-36-4)28(34)22-10-5-7-12-24(22)30/h5-8,10-15,18,21H,9,16-17H2,1-4H3. The van der Waals surface area contributed by atoms with E-state index in [2.05, 4.69) is 15.9 Å². The Morgan fingerprint density at radius 2 is 1.81 bits per heavy atom. The highest BCUT2D eigenvalue weighted by Crippen LogP contribution is 2.28. The first-order chi connectivity index (χ1) is 17.3. The number of aromatic nitrogens is 2. The van der Waals surface area contributed by atoms with E-state index in [1.165, 1.54) is 0 Å². The van der Waals surface area contributed by atoms with Crippen molar-refractivity contribution in [3.8, 4) is 5.69 Å². The number of para-hydroxylation sites is 1. The molecular formula is C29H30BrN3O3. The normalized spacial score (nSPS) is 12.0. The van der Waals surface area contributed by atoms with Crippen LogP contribution in [0.3, 0.4) is 0 Å². The molecule has 1 atom stereocenters. The van der Waals surface area contributed by atoms with E-state index >= 15 is 0 Å². The minimum Gasteiger partial charge on any atom is -0.385 e. The number of methoxy groups -OCH3 is 1. The molecule has 0 aliphatic rings. The van der Waals surface area contributed by atoms with Crippen molar-refractivity contribution in [3.05, 3.63) is 104 Å². The first kappa shape index (κ1) is 25.8. The van der Waals surface area contributed by atoms with Gasteiger partial charge < -0.3 is 9.64 Å². The molecule has 0 aliphatic heterocycles. The van der Waals surface area contributed by atoms with Crippen LogP contribution in [0.4, 0.5) is 0 Å². The Kier molecular flexibility index (Phi) is 8.01. The molecule has 36 heavy (non-hydrogen) atoms. The molecule has 1 unspecified atom stereocenters. The molecule has 4 aromatic rings. The SMILES string of the molecule is COCCCN(C(=O)c1ccccc1Br)C(C)c1nc2ccccc2c(=O)n1-c1ccc(C)cc1C. The maximum atomic E-state index is 13.9. The number of hydrogen-bond acceptors (Lipinski definition) is 4. The summed E-state index contributed by atoms with van der Waals surface area (Å²) in [6.07, 6.45) is 0.651. The molecule has 3 aromatic carbocycles.